The standard InChI is InChI=1S/C14H14ClF3N2O4/c1-8(21)19-5-4-13(23)24-7-12(22)20-9-2-3-11(15)10(6-9)14(16,17)18/h2-3,6H,4-5,7H2,1H3,(H,19,21)(H,20,22). The summed E-state index contributed by atoms with van der Waals surface area (Å²) in [4.78, 5) is 33.5. The van der Waals surface area contributed by atoms with E-state index >= 15 is 0 Å². The minimum absolute atomic E-state index is 0.0575. The number of hydrogen-bond donors (Lipinski definition) is 2. The highest BCUT2D eigenvalue weighted by atomic mass is 35.5. The molecule has 1 aromatic rings. The maximum absolute atomic E-state index is 12.7. The first-order valence-corrected chi connectivity index (χ1v) is 7.04. The van der Waals surface area contributed by atoms with E-state index < -0.39 is 35.2 Å². The molecule has 0 saturated carbocycles. The van der Waals surface area contributed by atoms with Gasteiger partial charge in [0.15, 0.2) is 6.61 Å². The number of amides is 2. The van der Waals surface area contributed by atoms with Crippen LogP contribution >= 0.6 is 11.6 Å². The molecule has 0 saturated heterocycles. The van der Waals surface area contributed by atoms with E-state index in [4.69, 9.17) is 11.6 Å². The Labute approximate surface area is 140 Å². The van der Waals surface area contributed by atoms with Crippen molar-refractivity contribution in [2.45, 2.75) is 19.5 Å². The Morgan fingerprint density at radius 1 is 1.25 bits per heavy atom. The fraction of sp³-hybridized carbons (Fsp3) is 0.357. The van der Waals surface area contributed by atoms with Crippen LogP contribution in [0.3, 0.4) is 0 Å². The second-order valence-electron chi connectivity index (χ2n) is 4.63. The van der Waals surface area contributed by atoms with Crippen LogP contribution < -0.4 is 10.6 Å². The van der Waals surface area contributed by atoms with Crippen molar-refractivity contribution >= 4 is 35.1 Å². The molecule has 0 bridgehead atoms. The molecular weight excluding hydrogens is 353 g/mol. The third-order valence-electron chi connectivity index (χ3n) is 2.62. The van der Waals surface area contributed by atoms with Crippen LogP contribution in [-0.4, -0.2) is 30.9 Å². The lowest BCUT2D eigenvalue weighted by Crippen LogP contribution is -2.26. The van der Waals surface area contributed by atoms with Crippen molar-refractivity contribution in [2.75, 3.05) is 18.5 Å². The first-order chi connectivity index (χ1) is 11.1. The number of ether oxygens (including phenoxy) is 1. The monoisotopic (exact) mass is 366 g/mol. The molecule has 0 aromatic heterocycles. The third kappa shape index (κ3) is 6.86. The predicted octanol–water partition coefficient (Wildman–Crippen LogP) is 2.37. The molecule has 10 heteroatoms. The van der Waals surface area contributed by atoms with Crippen molar-refractivity contribution in [3.05, 3.63) is 28.8 Å². The van der Waals surface area contributed by atoms with Crippen molar-refractivity contribution in [3.63, 3.8) is 0 Å². The van der Waals surface area contributed by atoms with E-state index in [1.165, 1.54) is 13.0 Å². The number of carbonyl (C=O) groups is 3. The van der Waals surface area contributed by atoms with Crippen LogP contribution in [-0.2, 0) is 25.3 Å². The van der Waals surface area contributed by atoms with Gasteiger partial charge in [-0.15, -0.1) is 0 Å². The Kier molecular flexibility index (Phi) is 7.02. The summed E-state index contributed by atoms with van der Waals surface area (Å²) in [5, 5.41) is 4.04. The van der Waals surface area contributed by atoms with Crippen molar-refractivity contribution in [2.24, 2.45) is 0 Å². The molecule has 0 unspecified atom stereocenters. The lowest BCUT2D eigenvalue weighted by Gasteiger charge is -2.12. The molecule has 1 rings (SSSR count). The summed E-state index contributed by atoms with van der Waals surface area (Å²) >= 11 is 5.46. The zero-order valence-electron chi connectivity index (χ0n) is 12.5. The van der Waals surface area contributed by atoms with E-state index in [1.54, 1.807) is 0 Å². The van der Waals surface area contributed by atoms with Gasteiger partial charge in [0.2, 0.25) is 5.91 Å². The lowest BCUT2D eigenvalue weighted by molar-refractivity contribution is -0.147. The van der Waals surface area contributed by atoms with Crippen LogP contribution in [0, 0.1) is 0 Å². The van der Waals surface area contributed by atoms with Crippen LogP contribution in [0.1, 0.15) is 18.9 Å². The highest BCUT2D eigenvalue weighted by Crippen LogP contribution is 2.36. The second-order valence-corrected chi connectivity index (χ2v) is 5.04. The molecule has 0 heterocycles. The Bertz CT molecular complexity index is 635. The highest BCUT2D eigenvalue weighted by molar-refractivity contribution is 6.31. The Morgan fingerprint density at radius 2 is 1.92 bits per heavy atom. The summed E-state index contributed by atoms with van der Waals surface area (Å²) < 4.78 is 42.7. The molecule has 0 aliphatic rings. The maximum atomic E-state index is 12.7. The summed E-state index contributed by atoms with van der Waals surface area (Å²) in [6, 6.07) is 2.87. The normalized spacial score (nSPS) is 10.9. The largest absolute Gasteiger partial charge is 0.456 e. The molecule has 6 nitrogen and oxygen atoms in total. The van der Waals surface area contributed by atoms with Gasteiger partial charge in [0.25, 0.3) is 5.91 Å². The first kappa shape index (κ1) is 19.8. The lowest BCUT2D eigenvalue weighted by atomic mass is 10.2. The second kappa shape index (κ2) is 8.53. The van der Waals surface area contributed by atoms with Gasteiger partial charge < -0.3 is 15.4 Å². The third-order valence-corrected chi connectivity index (χ3v) is 2.95. The van der Waals surface area contributed by atoms with Crippen LogP contribution in [0.15, 0.2) is 18.2 Å². The van der Waals surface area contributed by atoms with Crippen LogP contribution in [0.4, 0.5) is 18.9 Å². The minimum Gasteiger partial charge on any atom is -0.456 e. The molecule has 2 amide bonds. The number of carbonyl (C=O) groups excluding carboxylic acids is 3. The number of rotatable bonds is 6. The molecule has 0 atom stereocenters. The zero-order chi connectivity index (χ0) is 18.3. The molecule has 24 heavy (non-hydrogen) atoms. The van der Waals surface area contributed by atoms with Gasteiger partial charge in [0.05, 0.1) is 17.0 Å². The van der Waals surface area contributed by atoms with E-state index in [9.17, 15) is 27.6 Å². The summed E-state index contributed by atoms with van der Waals surface area (Å²) in [6.07, 6.45) is -4.79. The van der Waals surface area contributed by atoms with Crippen molar-refractivity contribution in [1.29, 1.82) is 0 Å². The van der Waals surface area contributed by atoms with Gasteiger partial charge in [-0.2, -0.15) is 13.2 Å². The van der Waals surface area contributed by atoms with Crippen molar-refractivity contribution < 1.29 is 32.3 Å². The van der Waals surface area contributed by atoms with E-state index in [1.807, 2.05) is 0 Å². The quantitative estimate of drug-likeness (QED) is 0.757. The molecule has 0 aliphatic heterocycles. The highest BCUT2D eigenvalue weighted by Gasteiger charge is 2.33. The Morgan fingerprint density at radius 3 is 2.50 bits per heavy atom. The van der Waals surface area contributed by atoms with E-state index in [0.717, 1.165) is 6.07 Å². The molecule has 0 radical (unpaired) electrons. The van der Waals surface area contributed by atoms with E-state index in [2.05, 4.69) is 15.4 Å². The number of halogens is 4. The molecule has 132 valence electrons. The molecular formula is C14H14ClF3N2O4. The average molecular weight is 367 g/mol. The SMILES string of the molecule is CC(=O)NCCC(=O)OCC(=O)Nc1ccc(Cl)c(C(F)(F)F)c1. The molecule has 1 aromatic carbocycles. The first-order valence-electron chi connectivity index (χ1n) is 6.66. The maximum Gasteiger partial charge on any atom is 0.417 e. The number of nitrogens with one attached hydrogen (secondary N) is 2. The number of alkyl halides is 3. The average Bonchev–Trinajstić information content (AvgIpc) is 2.45. The van der Waals surface area contributed by atoms with Gasteiger partial charge in [-0.1, -0.05) is 11.6 Å². The van der Waals surface area contributed by atoms with Crippen LogP contribution in [0.25, 0.3) is 0 Å². The molecule has 0 spiro atoms. The fourth-order valence-corrected chi connectivity index (χ4v) is 1.80. The van der Waals surface area contributed by atoms with Gasteiger partial charge >= 0.3 is 12.1 Å². The van der Waals surface area contributed by atoms with Gasteiger partial charge in [0, 0.05) is 19.2 Å². The fourth-order valence-electron chi connectivity index (χ4n) is 1.58. The summed E-state index contributed by atoms with van der Waals surface area (Å²) in [5.41, 5.74) is -1.22. The Balaban J connectivity index is 2.51. The topological polar surface area (TPSA) is 84.5 Å². The van der Waals surface area contributed by atoms with Gasteiger partial charge in [-0.25, -0.2) is 0 Å². The summed E-state index contributed by atoms with van der Waals surface area (Å²) in [6.45, 7) is 0.672. The number of esters is 1. The molecule has 0 fully saturated rings. The summed E-state index contributed by atoms with van der Waals surface area (Å²) in [5.74, 6) is -1.85. The number of benzene rings is 1. The smallest absolute Gasteiger partial charge is 0.417 e. The van der Waals surface area contributed by atoms with E-state index in [-0.39, 0.29) is 24.6 Å². The summed E-state index contributed by atoms with van der Waals surface area (Å²) in [7, 11) is 0. The molecule has 0 aliphatic carbocycles. The predicted molar refractivity (Wildman–Crippen MR) is 79.3 cm³/mol. The molecule has 2 N–H and O–H groups in total. The van der Waals surface area contributed by atoms with Crippen molar-refractivity contribution in [3.8, 4) is 0 Å². The van der Waals surface area contributed by atoms with Crippen LogP contribution in [0.2, 0.25) is 5.02 Å². The minimum atomic E-state index is -4.66. The number of hydrogen-bond acceptors (Lipinski definition) is 4. The van der Waals surface area contributed by atoms with E-state index in [0.29, 0.717) is 6.07 Å². The van der Waals surface area contributed by atoms with Crippen LogP contribution in [0.5, 0.6) is 0 Å². The van der Waals surface area contributed by atoms with Gasteiger partial charge in [-0.05, 0) is 18.2 Å². The van der Waals surface area contributed by atoms with Crippen molar-refractivity contribution in [1.82, 2.24) is 5.32 Å². The zero-order valence-corrected chi connectivity index (χ0v) is 13.3. The Hall–Kier alpha value is -2.29. The number of anilines is 1. The van der Waals surface area contributed by atoms with Gasteiger partial charge in [0.1, 0.15) is 0 Å². The van der Waals surface area contributed by atoms with Gasteiger partial charge in [-0.3, -0.25) is 14.4 Å².